The van der Waals surface area contributed by atoms with Gasteiger partial charge in [0, 0.05) is 81.2 Å². The minimum absolute atomic E-state index is 0.0498. The van der Waals surface area contributed by atoms with E-state index in [1.54, 1.807) is 0 Å². The summed E-state index contributed by atoms with van der Waals surface area (Å²) in [4.78, 5) is 215. The van der Waals surface area contributed by atoms with Gasteiger partial charge in [-0.1, -0.05) is 84.7 Å². The van der Waals surface area contributed by atoms with E-state index in [4.69, 9.17) is 0 Å². The summed E-state index contributed by atoms with van der Waals surface area (Å²) in [5, 5.41) is 9.30. The fourth-order valence-corrected chi connectivity index (χ4v) is 18.5. The average Bonchev–Trinajstić information content (AvgIpc) is 0.716. The van der Waals surface area contributed by atoms with Crippen LogP contribution < -0.4 is 31.9 Å². The Hall–Kier alpha value is -4.20. The summed E-state index contributed by atoms with van der Waals surface area (Å²) in [6.07, 6.45) is -2.42. The van der Waals surface area contributed by atoms with E-state index in [9.17, 15) is 105 Å². The number of amides is 10. The van der Waals surface area contributed by atoms with Crippen LogP contribution in [0.25, 0.3) is 10.8 Å². The Kier molecular flexibility index (Phi) is 26.4. The molecule has 0 unspecified atom stereocenters. The third kappa shape index (κ3) is 20.4. The highest BCUT2D eigenvalue weighted by Gasteiger charge is 2.48. The number of carbonyl (C=O) groups is 10. The van der Waals surface area contributed by atoms with Crippen LogP contribution in [0, 0.1) is 0 Å². The van der Waals surface area contributed by atoms with E-state index >= 15 is 0 Å². The first kappa shape index (κ1) is 74.3. The quantitative estimate of drug-likeness (QED) is 0.0216. The van der Waals surface area contributed by atoms with Crippen molar-refractivity contribution < 1.29 is 105 Å². The van der Waals surface area contributed by atoms with Crippen LogP contribution in [-0.4, -0.2) is 191 Å². The molecule has 0 saturated carbocycles. The van der Waals surface area contributed by atoms with Gasteiger partial charge >= 0.3 is 30.4 Å². The SMILES string of the molecule is CNC(=O)[C@H](CCCCNC(=O)[C@H](CSSC(C)(C)C)NC(=O)CC(P(=O)(O)O)P(=O)(O)O)N1C(=O)c2ccc3c4c(ccc(c24)C1=O)C(=O)N([C@@H](CCCCNC(=O)[C@H](CSSC(C)(C)C)NC(=O)CC(P(=O)(O)O)P(=O)(O)O)C(=O)NC)C3=O. The third-order valence-corrected chi connectivity index (χ3v) is 26.9. The van der Waals surface area contributed by atoms with Crippen molar-refractivity contribution in [3.8, 4) is 0 Å². The molecular weight excluding hydrogens is 1290 g/mol. The molecule has 480 valence electrons. The molecule has 14 N–H and O–H groups in total. The van der Waals surface area contributed by atoms with E-state index in [-0.39, 0.29) is 106 Å². The molecule has 2 heterocycles. The average molecular weight is 1370 g/mol. The van der Waals surface area contributed by atoms with E-state index in [0.29, 0.717) is 0 Å². The van der Waals surface area contributed by atoms with Crippen LogP contribution in [0.5, 0.6) is 0 Å². The lowest BCUT2D eigenvalue weighted by Crippen LogP contribution is -2.54. The van der Waals surface area contributed by atoms with Gasteiger partial charge in [0.1, 0.15) is 24.2 Å². The first-order chi connectivity index (χ1) is 39.5. The van der Waals surface area contributed by atoms with Gasteiger partial charge < -0.3 is 71.0 Å². The Balaban J connectivity index is 1.48. The summed E-state index contributed by atoms with van der Waals surface area (Å²) in [5.41, 5.74) is -0.542. The Labute approximate surface area is 510 Å². The fourth-order valence-electron chi connectivity index (χ4n) is 8.79. The molecule has 0 radical (unpaired) electrons. The number of imide groups is 2. The van der Waals surface area contributed by atoms with E-state index in [1.165, 1.54) is 81.5 Å². The van der Waals surface area contributed by atoms with Crippen LogP contribution in [0.2, 0.25) is 0 Å². The van der Waals surface area contributed by atoms with Crippen LogP contribution in [0.3, 0.4) is 0 Å². The van der Waals surface area contributed by atoms with Gasteiger partial charge in [0.15, 0.2) is 10.8 Å². The number of benzene rings is 2. The van der Waals surface area contributed by atoms with Crippen LogP contribution in [-0.2, 0) is 47.0 Å². The minimum atomic E-state index is -5.47. The van der Waals surface area contributed by atoms with Crippen LogP contribution in [0.1, 0.15) is 134 Å². The standard InChI is InChI=1S/C48H72N8O22P4S4/c1-47(2,3)85-83-23-29(53-33(57)21-35(79(67,68)69)80(70,71)72)39(59)51-19-11-9-13-31(41(61)49-7)55-43(63)25-15-17-27-38-28(18-16-26(37(25)38)44(55)64)46(66)56(45(27)65)32(42(62)50-8)14-10-12-20-52-40(60)30(24-84-86-48(4,5)6)54-34(58)22-36(81(73,74)75)82(76,77)78/h15-18,29-32,35-36H,9-14,19-24H2,1-8H3,(H,49,61)(H,50,62)(H,51,59)(H,52,60)(H,53,57)(H,54,58)(H2,67,68,69)(H2,70,71,72)(H2,73,74,75)(H2,76,77,78)/t29-,30-,31-,32-/m0/s1. The van der Waals surface area contributed by atoms with Gasteiger partial charge in [-0.3, -0.25) is 76.0 Å². The molecule has 10 amide bonds. The number of hydrogen-bond acceptors (Lipinski definition) is 18. The molecule has 0 spiro atoms. The number of carbonyl (C=O) groups excluding carboxylic acids is 10. The van der Waals surface area contributed by atoms with Crippen molar-refractivity contribution in [3.05, 3.63) is 46.5 Å². The molecule has 86 heavy (non-hydrogen) atoms. The zero-order valence-electron chi connectivity index (χ0n) is 47.9. The van der Waals surface area contributed by atoms with Gasteiger partial charge in [0.25, 0.3) is 23.6 Å². The zero-order chi connectivity index (χ0) is 65.2. The first-order valence-corrected chi connectivity index (χ1v) is 37.7. The lowest BCUT2D eigenvalue weighted by molar-refractivity contribution is -0.128. The number of likely N-dealkylation sites (N-methyl/N-ethyl adjacent to an activating group) is 2. The molecule has 0 fully saturated rings. The second-order valence-corrected chi connectivity index (χ2v) is 36.1. The van der Waals surface area contributed by atoms with Crippen molar-refractivity contribution in [2.45, 2.75) is 137 Å². The van der Waals surface area contributed by atoms with Crippen molar-refractivity contribution in [1.29, 1.82) is 0 Å². The summed E-state index contributed by atoms with van der Waals surface area (Å²) in [7, 11) is -14.3. The predicted molar refractivity (Wildman–Crippen MR) is 323 cm³/mol. The number of nitrogens with zero attached hydrogens (tertiary/aromatic N) is 2. The lowest BCUT2D eigenvalue weighted by Gasteiger charge is -2.36. The largest absolute Gasteiger partial charge is 0.357 e. The Bertz CT molecular complexity index is 2840. The smallest absolute Gasteiger partial charge is 0.341 e. The number of hydrogen-bond donors (Lipinski definition) is 14. The topological polar surface area (TPSA) is 479 Å². The number of nitrogens with one attached hydrogen (secondary N) is 6. The van der Waals surface area contributed by atoms with Crippen LogP contribution >= 0.6 is 73.6 Å². The first-order valence-electron chi connectivity index (χ1n) is 26.3. The van der Waals surface area contributed by atoms with E-state index in [0.717, 1.165) is 9.80 Å². The normalized spacial score (nSPS) is 15.6. The Morgan fingerprint density at radius 3 is 1.00 bits per heavy atom. The molecule has 30 nitrogen and oxygen atoms in total. The van der Waals surface area contributed by atoms with Crippen LogP contribution in [0.4, 0.5) is 0 Å². The van der Waals surface area contributed by atoms with E-state index in [2.05, 4.69) is 31.9 Å². The van der Waals surface area contributed by atoms with Gasteiger partial charge in [0.2, 0.25) is 35.4 Å². The van der Waals surface area contributed by atoms with E-state index < -0.39 is 137 Å². The summed E-state index contributed by atoms with van der Waals surface area (Å²) in [6.45, 7) is 11.1. The molecule has 2 aromatic carbocycles. The third-order valence-electron chi connectivity index (χ3n) is 12.8. The molecular formula is C48H72N8O22P4S4. The molecule has 0 saturated heterocycles. The highest BCUT2D eigenvalue weighted by molar-refractivity contribution is 8.77. The summed E-state index contributed by atoms with van der Waals surface area (Å²) < 4.78 is 46.7. The van der Waals surface area contributed by atoms with Crippen molar-refractivity contribution >= 4 is 143 Å². The molecule has 4 rings (SSSR count). The highest BCUT2D eigenvalue weighted by atomic mass is 33.1. The van der Waals surface area contributed by atoms with E-state index in [1.807, 2.05) is 41.5 Å². The summed E-state index contributed by atoms with van der Waals surface area (Å²) in [5.74, 6) is -9.38. The van der Waals surface area contributed by atoms with Gasteiger partial charge in [-0.25, -0.2) is 0 Å². The molecule has 38 heteroatoms. The van der Waals surface area contributed by atoms with Crippen molar-refractivity contribution in [3.63, 3.8) is 0 Å². The Morgan fingerprint density at radius 1 is 0.477 bits per heavy atom. The second kappa shape index (κ2) is 30.5. The summed E-state index contributed by atoms with van der Waals surface area (Å²) >= 11 is 0. The van der Waals surface area contributed by atoms with Gasteiger partial charge in [-0.05, 0) is 62.8 Å². The number of rotatable bonds is 32. The molecule has 0 aliphatic carbocycles. The minimum Gasteiger partial charge on any atom is -0.357 e. The summed E-state index contributed by atoms with van der Waals surface area (Å²) in [6, 6.07) is -0.537. The maximum absolute atomic E-state index is 14.4. The Morgan fingerprint density at radius 2 is 0.756 bits per heavy atom. The zero-order valence-corrected chi connectivity index (χ0v) is 54.7. The maximum atomic E-state index is 14.4. The maximum Gasteiger partial charge on any atom is 0.341 e. The highest BCUT2D eigenvalue weighted by Crippen LogP contribution is 2.62. The molecule has 4 atom stereocenters. The molecule has 0 bridgehead atoms. The molecule has 0 aromatic heterocycles. The molecule has 2 aromatic rings. The van der Waals surface area contributed by atoms with Crippen molar-refractivity contribution in [2.75, 3.05) is 38.7 Å². The van der Waals surface area contributed by atoms with Crippen molar-refractivity contribution in [1.82, 2.24) is 41.7 Å². The molecule has 2 aliphatic heterocycles. The van der Waals surface area contributed by atoms with Crippen LogP contribution in [0.15, 0.2) is 24.3 Å². The monoisotopic (exact) mass is 1360 g/mol. The van der Waals surface area contributed by atoms with Crippen molar-refractivity contribution in [2.24, 2.45) is 0 Å². The van der Waals surface area contributed by atoms with Gasteiger partial charge in [0.05, 0.1) is 12.8 Å². The van der Waals surface area contributed by atoms with Gasteiger partial charge in [-0.2, -0.15) is 0 Å². The second-order valence-electron chi connectivity index (χ2n) is 21.8. The number of unbranched alkanes of at least 4 members (excludes halogenated alkanes) is 2. The lowest BCUT2D eigenvalue weighted by atomic mass is 9.84. The predicted octanol–water partition coefficient (Wildman–Crippen LogP) is 2.31. The molecule has 2 aliphatic rings. The van der Waals surface area contributed by atoms with Gasteiger partial charge in [-0.15, -0.1) is 0 Å². The fraction of sp³-hybridized carbons (Fsp3) is 0.583.